The molecule has 0 unspecified atom stereocenters. The summed E-state index contributed by atoms with van der Waals surface area (Å²) in [5.74, 6) is -2.76. The number of benzene rings is 4. The second-order valence-corrected chi connectivity index (χ2v) is 50.8. The van der Waals surface area contributed by atoms with Gasteiger partial charge in [0.15, 0.2) is 67.5 Å². The molecule has 6 saturated carbocycles. The zero-order valence-corrected chi connectivity index (χ0v) is 85.5. The third-order valence-corrected chi connectivity index (χ3v) is 42.0. The zero-order chi connectivity index (χ0) is 105. The van der Waals surface area contributed by atoms with Gasteiger partial charge in [0.2, 0.25) is 0 Å². The van der Waals surface area contributed by atoms with Gasteiger partial charge < -0.3 is 4.57 Å². The van der Waals surface area contributed by atoms with Crippen LogP contribution in [-0.2, 0) is 72.1 Å². The van der Waals surface area contributed by atoms with E-state index in [-0.39, 0.29) is 112 Å². The van der Waals surface area contributed by atoms with Crippen LogP contribution in [0, 0.1) is 57.7 Å². The number of rotatable bonds is 20. The molecule has 10 aliphatic carbocycles. The van der Waals surface area contributed by atoms with Crippen molar-refractivity contribution in [2.24, 2.45) is 28.7 Å². The molecule has 150 heavy (non-hydrogen) atoms. The summed E-state index contributed by atoms with van der Waals surface area (Å²) in [5.41, 5.74) is 9.27. The third-order valence-electron chi connectivity index (χ3n) is 32.2. The Bertz CT molecular complexity index is 8240. The monoisotopic (exact) mass is 2100 g/mol. The maximum atomic E-state index is 14.5. The molecule has 0 spiro atoms. The van der Waals surface area contributed by atoms with Gasteiger partial charge >= 0.3 is 0 Å². The number of halogens is 6. The molecule has 14 aromatic rings. The largest absolute Gasteiger partial charge is 0.356 e. The van der Waals surface area contributed by atoms with E-state index in [9.17, 15) is 79.2 Å². The maximum Gasteiger partial charge on any atom is 0.198 e. The van der Waals surface area contributed by atoms with Crippen molar-refractivity contribution < 1.29 is 79.2 Å². The molecule has 6 fully saturated rings. The molecule has 4 aromatic carbocycles. The van der Waals surface area contributed by atoms with Crippen molar-refractivity contribution >= 4 is 86.8 Å². The molecule has 0 N–H and O–H groups in total. The average Bonchev–Trinajstić information content (AvgIpc) is 1.38. The number of aromatic nitrogens is 14. The first-order chi connectivity index (χ1) is 71.9. The Morgan fingerprint density at radius 1 is 0.340 bits per heavy atom. The fraction of sp³-hybridized carbons (Fsp3) is 0.325. The number of Topliss-reactive ketones (excluding diaryl/α,β-unsaturated/α-hetero) is 4. The van der Waals surface area contributed by atoms with Gasteiger partial charge in [-0.2, -0.15) is 20.4 Å². The highest BCUT2D eigenvalue weighted by Crippen LogP contribution is 2.58. The van der Waals surface area contributed by atoms with Crippen LogP contribution in [0.1, 0.15) is 221 Å². The van der Waals surface area contributed by atoms with Gasteiger partial charge in [-0.3, -0.25) is 39.1 Å². The van der Waals surface area contributed by atoms with Crippen molar-refractivity contribution in [2.45, 2.75) is 209 Å². The standard InChI is InChI=1S/C30H31F2N3O3S.C29H27FN4O3S.C28H22F2N4O3S.C27H26FN3O3S/c1-29(32)13-11-24(12-14-29)39(37,38)25-10-5-21-16-27-20(19-34-35(27)23-8-6-22(31)7-9-23)17-30(21,18-25)28(36)26-4-2-3-15-33-26;1-19-3-10-26(31-16-19)28(35)29-14-20-17-32-34(23-7-5-22(30)6-8-23)27(20)13-21(29)4-9-24(15-29)38(36,37)25-11-12-33(2)18-25;29-20-5-8-22(9-6-20)34-25-13-19-4-10-23(38(36,37)26-3-1-2-12-31-26)15-28(19,14-18(25)16-33-34)27(35)24-11-7-21(30)17-32-24;28-20-8-10-21(11-9-20)31-25-14-19-7-12-23(35(33,34)22-4-3-5-22)16-27(19,15-18(25)17-30-31)26(32)24-6-1-2-13-29-24/h2-4,6-9,15-16,19,24-25H,5,10-14,17-18H2,1H3;3,5-8,10-13,16-18,24H,4,9,14-15H2,1-2H3;1-3,5-9,11-13,16-17,23H,4,10,14-15H2;1-2,6,8-11,13-14,17,22-23H,3-5,7,12,15-16H2/t24?,25-,29?,30-;24-,29-;23-,28-;23-,27-/m0000/s1. The summed E-state index contributed by atoms with van der Waals surface area (Å²) in [5, 5.41) is 14.5. The molecule has 24 rings (SSSR count). The van der Waals surface area contributed by atoms with Crippen LogP contribution in [0.4, 0.5) is 26.3 Å². The van der Waals surface area contributed by atoms with Crippen molar-refractivity contribution in [1.29, 1.82) is 0 Å². The van der Waals surface area contributed by atoms with Gasteiger partial charge in [0.05, 0.1) is 135 Å². The number of carbonyl (C=O) groups is 4. The number of aryl methyl sites for hydroxylation is 2. The summed E-state index contributed by atoms with van der Waals surface area (Å²) in [6, 6.07) is 47.0. The number of hydrogen-bond acceptors (Lipinski definition) is 21. The van der Waals surface area contributed by atoms with Gasteiger partial charge in [0.25, 0.3) is 0 Å². The van der Waals surface area contributed by atoms with E-state index >= 15 is 0 Å². The second-order valence-electron chi connectivity index (χ2n) is 41.4. The first kappa shape index (κ1) is 102. The van der Waals surface area contributed by atoms with E-state index in [0.717, 1.165) is 104 Å². The van der Waals surface area contributed by atoms with E-state index in [2.05, 4.69) is 45.3 Å². The summed E-state index contributed by atoms with van der Waals surface area (Å²) in [6.07, 6.45) is 34.0. The highest BCUT2D eigenvalue weighted by molar-refractivity contribution is 7.93. The molecule has 0 aliphatic heterocycles. The molecular weight excluding hydrogens is 2000 g/mol. The topological polar surface area (TPSA) is 345 Å². The Morgan fingerprint density at radius 2 is 0.667 bits per heavy atom. The fourth-order valence-corrected chi connectivity index (χ4v) is 32.4. The molecule has 770 valence electrons. The van der Waals surface area contributed by atoms with Crippen LogP contribution < -0.4 is 0 Å². The van der Waals surface area contributed by atoms with Crippen LogP contribution in [-0.4, -0.2) is 163 Å². The number of nitrogens with zero attached hydrogens (tertiary/aromatic N) is 14. The van der Waals surface area contributed by atoms with Crippen LogP contribution >= 0.6 is 0 Å². The normalized spacial score (nSPS) is 23.7. The predicted octanol–water partition coefficient (Wildman–Crippen LogP) is 20.3. The van der Waals surface area contributed by atoms with Gasteiger partial charge in [-0.25, -0.2) is 83.7 Å². The Kier molecular flexibility index (Phi) is 27.1. The summed E-state index contributed by atoms with van der Waals surface area (Å²) >= 11 is 0. The highest BCUT2D eigenvalue weighted by atomic mass is 32.2. The molecule has 0 bridgehead atoms. The van der Waals surface area contributed by atoms with Gasteiger partial charge in [-0.15, -0.1) is 0 Å². The molecule has 26 nitrogen and oxygen atoms in total. The first-order valence-electron chi connectivity index (χ1n) is 50.3. The summed E-state index contributed by atoms with van der Waals surface area (Å²) in [4.78, 5) is 78.0. The minimum absolute atomic E-state index is 0.0273. The molecule has 10 aliphatic rings. The van der Waals surface area contributed by atoms with Crippen LogP contribution in [0.5, 0.6) is 0 Å². The first-order valence-corrected chi connectivity index (χ1v) is 56.6. The number of hydrogen-bond donors (Lipinski definition) is 0. The smallest absolute Gasteiger partial charge is 0.198 e. The lowest BCUT2D eigenvalue weighted by molar-refractivity contribution is 0.0789. The molecule has 0 saturated heterocycles. The molecule has 8 atom stereocenters. The van der Waals surface area contributed by atoms with Crippen LogP contribution in [0.25, 0.3) is 47.1 Å². The third kappa shape index (κ3) is 18.9. The van der Waals surface area contributed by atoms with E-state index in [0.29, 0.717) is 118 Å². The predicted molar refractivity (Wildman–Crippen MR) is 551 cm³/mol. The van der Waals surface area contributed by atoms with Gasteiger partial charge in [-0.1, -0.05) is 53.0 Å². The number of ketones is 4. The second kappa shape index (κ2) is 39.9. The Hall–Kier alpha value is -14.2. The number of carbonyl (C=O) groups excluding carboxylic acids is 4. The van der Waals surface area contributed by atoms with E-state index in [4.69, 9.17) is 0 Å². The maximum absolute atomic E-state index is 14.5. The lowest BCUT2D eigenvalue weighted by atomic mass is 9.61. The quantitative estimate of drug-likeness (QED) is 0.0505. The number of fused-ring (bicyclic) bond motifs is 8. The van der Waals surface area contributed by atoms with E-state index in [1.807, 2.05) is 37.3 Å². The van der Waals surface area contributed by atoms with Gasteiger partial charge in [0.1, 0.15) is 57.5 Å². The van der Waals surface area contributed by atoms with Crippen LogP contribution in [0.3, 0.4) is 0 Å². The molecule has 0 amide bonds. The Balaban J connectivity index is 0.000000117. The van der Waals surface area contributed by atoms with E-state index < -0.39 is 98.7 Å². The van der Waals surface area contributed by atoms with E-state index in [1.54, 1.807) is 202 Å². The Labute approximate surface area is 863 Å². The van der Waals surface area contributed by atoms with Crippen LogP contribution in [0.2, 0.25) is 0 Å². The van der Waals surface area contributed by atoms with Crippen molar-refractivity contribution in [3.8, 4) is 22.7 Å². The van der Waals surface area contributed by atoms with Crippen molar-refractivity contribution in [3.63, 3.8) is 0 Å². The summed E-state index contributed by atoms with van der Waals surface area (Å²) in [6.45, 7) is 3.45. The fourth-order valence-electron chi connectivity index (χ4n) is 23.9. The molecule has 10 aromatic heterocycles. The summed E-state index contributed by atoms with van der Waals surface area (Å²) < 4.78 is 200. The SMILES string of the molecule is CC1(F)CCC(S(=O)(=O)[C@H]2CCC3=Cc4c(cnn4-c4ccc(F)cc4)C[C@]3(C(=O)c3ccccn3)C2)CC1.Cc1ccc(C(=O)[C@]23Cc4cnn(-c5ccc(F)cc5)c4C=C2CC[C@H](S(=O)(=O)c2ccn(C)c2)C3)nc1.O=C(c1ccc(F)cn1)[C@]12Cc3cnn(-c4ccc(F)cc4)c3C=C1CC[C@H](S(=O)(=O)c1ccccn1)C2.O=C(c1ccccn1)[C@]12Cc3cnn(-c4ccc(F)cc4)c3C=C1CC[C@H](S(=O)(=O)C1CCC1)C2. The number of pyridine rings is 5. The van der Waals surface area contributed by atoms with Crippen molar-refractivity contribution in [2.75, 3.05) is 0 Å². The lowest BCUT2D eigenvalue weighted by Crippen LogP contribution is -2.48. The molecular formula is C114H106F6N14O12S4. The van der Waals surface area contributed by atoms with E-state index in [1.165, 1.54) is 72.9 Å². The van der Waals surface area contributed by atoms with Crippen molar-refractivity contribution in [1.82, 2.24) is 68.6 Å². The lowest BCUT2D eigenvalue weighted by Gasteiger charge is -2.44. The van der Waals surface area contributed by atoms with Crippen LogP contribution in [0.15, 0.2) is 282 Å². The number of allylic oxidation sites excluding steroid dienone is 4. The molecule has 36 heteroatoms. The molecule has 0 radical (unpaired) electrons. The summed E-state index contributed by atoms with van der Waals surface area (Å²) in [7, 11) is -12.6. The zero-order valence-electron chi connectivity index (χ0n) is 82.3. The van der Waals surface area contributed by atoms with Gasteiger partial charge in [0, 0.05) is 44.2 Å². The van der Waals surface area contributed by atoms with Gasteiger partial charge in [-0.05, 0) is 365 Å². The molecule has 10 heterocycles. The number of sulfone groups is 4. The van der Waals surface area contributed by atoms with Crippen molar-refractivity contribution in [3.05, 3.63) is 375 Å². The highest BCUT2D eigenvalue weighted by Gasteiger charge is 2.59. The number of alkyl halides is 1. The Morgan fingerprint density at radius 3 is 0.980 bits per heavy atom. The minimum Gasteiger partial charge on any atom is -0.356 e. The minimum atomic E-state index is -3.82. The average molecular weight is 2110 g/mol.